The Labute approximate surface area is 131 Å². The summed E-state index contributed by atoms with van der Waals surface area (Å²) in [6.45, 7) is 0. The van der Waals surface area contributed by atoms with Gasteiger partial charge in [-0.1, -0.05) is 58.4 Å². The molecule has 0 atom stereocenters. The van der Waals surface area contributed by atoms with Crippen molar-refractivity contribution in [3.8, 4) is 22.6 Å². The summed E-state index contributed by atoms with van der Waals surface area (Å²) in [6.07, 6.45) is 0. The standard InChI is InChI=1S/C16H13BrN4/c1-18-16-14(11-5-3-2-4-6-11)20-21-15(19-16)12-7-9-13(17)10-8-12/h2-10H,1H3,(H,18,19,21). The van der Waals surface area contributed by atoms with E-state index in [0.29, 0.717) is 11.6 Å². The maximum atomic E-state index is 4.57. The van der Waals surface area contributed by atoms with Crippen LogP contribution in [0.25, 0.3) is 22.6 Å². The maximum Gasteiger partial charge on any atom is 0.183 e. The first kappa shape index (κ1) is 13.7. The first-order valence-corrected chi connectivity index (χ1v) is 7.31. The van der Waals surface area contributed by atoms with E-state index in [0.717, 1.165) is 21.3 Å². The van der Waals surface area contributed by atoms with Crippen molar-refractivity contribution in [2.75, 3.05) is 12.4 Å². The van der Waals surface area contributed by atoms with E-state index in [9.17, 15) is 0 Å². The number of aromatic nitrogens is 3. The number of anilines is 1. The quantitative estimate of drug-likeness (QED) is 0.782. The van der Waals surface area contributed by atoms with Crippen LogP contribution in [0.3, 0.4) is 0 Å². The lowest BCUT2D eigenvalue weighted by atomic mass is 10.1. The van der Waals surface area contributed by atoms with E-state index in [1.165, 1.54) is 0 Å². The molecular weight excluding hydrogens is 328 g/mol. The first-order chi connectivity index (χ1) is 10.3. The van der Waals surface area contributed by atoms with Crippen molar-refractivity contribution < 1.29 is 0 Å². The summed E-state index contributed by atoms with van der Waals surface area (Å²) >= 11 is 3.42. The van der Waals surface area contributed by atoms with E-state index >= 15 is 0 Å². The van der Waals surface area contributed by atoms with Crippen LogP contribution in [0.2, 0.25) is 0 Å². The fourth-order valence-corrected chi connectivity index (χ4v) is 2.28. The summed E-state index contributed by atoms with van der Waals surface area (Å²) in [4.78, 5) is 4.57. The minimum Gasteiger partial charge on any atom is -0.371 e. The fourth-order valence-electron chi connectivity index (χ4n) is 2.01. The van der Waals surface area contributed by atoms with Gasteiger partial charge in [0.2, 0.25) is 0 Å². The van der Waals surface area contributed by atoms with Crippen LogP contribution in [0.5, 0.6) is 0 Å². The third kappa shape index (κ3) is 2.92. The first-order valence-electron chi connectivity index (χ1n) is 6.52. The molecule has 0 fully saturated rings. The van der Waals surface area contributed by atoms with E-state index in [1.807, 2.05) is 61.6 Å². The van der Waals surface area contributed by atoms with Gasteiger partial charge in [0.15, 0.2) is 11.6 Å². The Morgan fingerprint density at radius 2 is 1.57 bits per heavy atom. The average Bonchev–Trinajstić information content (AvgIpc) is 2.56. The zero-order valence-corrected chi connectivity index (χ0v) is 13.0. The highest BCUT2D eigenvalue weighted by Gasteiger charge is 2.11. The fraction of sp³-hybridized carbons (Fsp3) is 0.0625. The molecule has 0 bridgehead atoms. The Balaban J connectivity index is 2.05. The van der Waals surface area contributed by atoms with Crippen LogP contribution < -0.4 is 5.32 Å². The molecule has 0 spiro atoms. The second-order valence-electron chi connectivity index (χ2n) is 4.46. The maximum absolute atomic E-state index is 4.57. The number of rotatable bonds is 3. The van der Waals surface area contributed by atoms with E-state index in [2.05, 4.69) is 36.4 Å². The lowest BCUT2D eigenvalue weighted by Gasteiger charge is -2.08. The van der Waals surface area contributed by atoms with E-state index in [1.54, 1.807) is 0 Å². The second kappa shape index (κ2) is 6.01. The Hall–Kier alpha value is -2.27. The van der Waals surface area contributed by atoms with Gasteiger partial charge in [-0.2, -0.15) is 0 Å². The number of benzene rings is 2. The van der Waals surface area contributed by atoms with Crippen LogP contribution in [-0.2, 0) is 0 Å². The molecule has 3 aromatic rings. The molecule has 21 heavy (non-hydrogen) atoms. The SMILES string of the molecule is CNc1nc(-c2ccc(Br)cc2)nnc1-c1ccccc1. The molecular formula is C16H13BrN4. The molecule has 0 radical (unpaired) electrons. The van der Waals surface area contributed by atoms with Crippen molar-refractivity contribution in [1.82, 2.24) is 15.2 Å². The number of halogens is 1. The molecule has 0 saturated heterocycles. The smallest absolute Gasteiger partial charge is 0.183 e. The van der Waals surface area contributed by atoms with Crippen molar-refractivity contribution in [1.29, 1.82) is 0 Å². The van der Waals surface area contributed by atoms with Crippen molar-refractivity contribution in [2.45, 2.75) is 0 Å². The highest BCUT2D eigenvalue weighted by atomic mass is 79.9. The minimum absolute atomic E-state index is 0.603. The minimum atomic E-state index is 0.603. The summed E-state index contributed by atoms with van der Waals surface area (Å²) in [5.74, 6) is 1.32. The van der Waals surface area contributed by atoms with Gasteiger partial charge >= 0.3 is 0 Å². The Kier molecular flexibility index (Phi) is 3.92. The molecule has 0 aliphatic carbocycles. The molecule has 104 valence electrons. The van der Waals surface area contributed by atoms with Gasteiger partial charge < -0.3 is 5.32 Å². The lowest BCUT2D eigenvalue weighted by molar-refractivity contribution is 0.988. The van der Waals surface area contributed by atoms with Gasteiger partial charge in [-0.3, -0.25) is 0 Å². The van der Waals surface area contributed by atoms with Gasteiger partial charge in [-0.15, -0.1) is 10.2 Å². The van der Waals surface area contributed by atoms with Gasteiger partial charge in [-0.25, -0.2) is 4.98 Å². The topological polar surface area (TPSA) is 50.7 Å². The Bertz CT molecular complexity index is 742. The van der Waals surface area contributed by atoms with Crippen LogP contribution in [0.4, 0.5) is 5.82 Å². The number of hydrogen-bond acceptors (Lipinski definition) is 4. The molecule has 5 heteroatoms. The molecule has 0 aliphatic heterocycles. The monoisotopic (exact) mass is 340 g/mol. The molecule has 0 aliphatic rings. The molecule has 4 nitrogen and oxygen atoms in total. The largest absolute Gasteiger partial charge is 0.371 e. The van der Waals surface area contributed by atoms with Gasteiger partial charge in [0.05, 0.1) is 0 Å². The Morgan fingerprint density at radius 1 is 0.857 bits per heavy atom. The molecule has 0 saturated carbocycles. The number of nitrogens with one attached hydrogen (secondary N) is 1. The Morgan fingerprint density at radius 3 is 2.24 bits per heavy atom. The third-order valence-corrected chi connectivity index (χ3v) is 3.60. The van der Waals surface area contributed by atoms with Gasteiger partial charge in [0.1, 0.15) is 5.69 Å². The van der Waals surface area contributed by atoms with E-state index in [4.69, 9.17) is 0 Å². The molecule has 3 rings (SSSR count). The van der Waals surface area contributed by atoms with Crippen LogP contribution in [0.1, 0.15) is 0 Å². The molecule has 1 N–H and O–H groups in total. The van der Waals surface area contributed by atoms with E-state index < -0.39 is 0 Å². The summed E-state index contributed by atoms with van der Waals surface area (Å²) < 4.78 is 1.02. The predicted molar refractivity (Wildman–Crippen MR) is 87.9 cm³/mol. The summed E-state index contributed by atoms with van der Waals surface area (Å²) in [5.41, 5.74) is 2.67. The van der Waals surface area contributed by atoms with Crippen molar-refractivity contribution in [3.05, 3.63) is 59.1 Å². The molecule has 0 unspecified atom stereocenters. The third-order valence-electron chi connectivity index (χ3n) is 3.07. The zero-order valence-electron chi connectivity index (χ0n) is 11.4. The molecule has 1 aromatic heterocycles. The second-order valence-corrected chi connectivity index (χ2v) is 5.37. The van der Waals surface area contributed by atoms with Crippen LogP contribution in [0.15, 0.2) is 59.1 Å². The van der Waals surface area contributed by atoms with Gasteiger partial charge in [-0.05, 0) is 12.1 Å². The average molecular weight is 341 g/mol. The molecule has 1 heterocycles. The normalized spacial score (nSPS) is 10.4. The van der Waals surface area contributed by atoms with Gasteiger partial charge in [0, 0.05) is 22.6 Å². The highest BCUT2D eigenvalue weighted by Crippen LogP contribution is 2.25. The van der Waals surface area contributed by atoms with Crippen molar-refractivity contribution in [3.63, 3.8) is 0 Å². The summed E-state index contributed by atoms with van der Waals surface area (Å²) in [5, 5.41) is 11.7. The van der Waals surface area contributed by atoms with Crippen molar-refractivity contribution >= 4 is 21.7 Å². The van der Waals surface area contributed by atoms with Crippen LogP contribution in [-0.4, -0.2) is 22.2 Å². The van der Waals surface area contributed by atoms with Crippen LogP contribution in [0, 0.1) is 0 Å². The van der Waals surface area contributed by atoms with E-state index in [-0.39, 0.29) is 0 Å². The molecule has 2 aromatic carbocycles. The summed E-state index contributed by atoms with van der Waals surface area (Å²) in [7, 11) is 1.84. The lowest BCUT2D eigenvalue weighted by Crippen LogP contribution is -2.02. The predicted octanol–water partition coefficient (Wildman–Crippen LogP) is 4.01. The molecule has 0 amide bonds. The van der Waals surface area contributed by atoms with Crippen molar-refractivity contribution in [2.24, 2.45) is 0 Å². The number of nitrogens with zero attached hydrogens (tertiary/aromatic N) is 3. The highest BCUT2D eigenvalue weighted by molar-refractivity contribution is 9.10. The number of hydrogen-bond donors (Lipinski definition) is 1. The van der Waals surface area contributed by atoms with Crippen LogP contribution >= 0.6 is 15.9 Å². The zero-order chi connectivity index (χ0) is 14.7. The summed E-state index contributed by atoms with van der Waals surface area (Å²) in [6, 6.07) is 17.7. The van der Waals surface area contributed by atoms with Gasteiger partial charge in [0.25, 0.3) is 0 Å².